The molecule has 2 N–H and O–H groups in total. The molecule has 0 aliphatic carbocycles. The molecule has 2 aliphatic heterocycles. The number of hydrogen-bond acceptors (Lipinski definition) is 5. The van der Waals surface area contributed by atoms with E-state index in [-0.39, 0.29) is 40.0 Å². The van der Waals surface area contributed by atoms with Gasteiger partial charge in [-0.05, 0) is 44.2 Å². The van der Waals surface area contributed by atoms with Crippen molar-refractivity contribution in [2.75, 3.05) is 26.2 Å². The summed E-state index contributed by atoms with van der Waals surface area (Å²) in [4.78, 5) is 36.9. The molecule has 2 atom stereocenters. The van der Waals surface area contributed by atoms with Gasteiger partial charge < -0.3 is 15.5 Å². The number of benzene rings is 1. The minimum absolute atomic E-state index is 0.0226. The predicted molar refractivity (Wildman–Crippen MR) is 101 cm³/mol. The van der Waals surface area contributed by atoms with E-state index in [1.54, 1.807) is 4.90 Å². The maximum atomic E-state index is 12.8. The summed E-state index contributed by atoms with van der Waals surface area (Å²) in [5.41, 5.74) is 0.124. The van der Waals surface area contributed by atoms with Crippen molar-refractivity contribution in [3.8, 4) is 0 Å². The van der Waals surface area contributed by atoms with Crippen LogP contribution in [0.1, 0.15) is 36.0 Å². The Morgan fingerprint density at radius 3 is 2.81 bits per heavy atom. The number of carbonyl (C=O) groups excluding carboxylic acids is 2. The first-order chi connectivity index (χ1) is 13.0. The Kier molecular flexibility index (Phi) is 6.28. The van der Waals surface area contributed by atoms with Crippen molar-refractivity contribution in [3.05, 3.63) is 38.9 Å². The van der Waals surface area contributed by atoms with Gasteiger partial charge in [-0.15, -0.1) is 0 Å². The van der Waals surface area contributed by atoms with E-state index in [1.165, 1.54) is 18.2 Å². The molecule has 0 bridgehead atoms. The molecular weight excluding hydrogens is 372 g/mol. The summed E-state index contributed by atoms with van der Waals surface area (Å²) in [7, 11) is 0. The van der Waals surface area contributed by atoms with Crippen molar-refractivity contribution in [2.24, 2.45) is 5.92 Å². The van der Waals surface area contributed by atoms with E-state index in [1.807, 2.05) is 0 Å². The third-order valence-corrected chi connectivity index (χ3v) is 5.45. The second-order valence-electron chi connectivity index (χ2n) is 7.07. The fourth-order valence-electron chi connectivity index (χ4n) is 3.65. The number of nitro benzene ring substituents is 1. The number of nitro groups is 1. The standard InChI is InChI=1S/C18H23ClN4O4/c19-15-9-13(23(26)27)5-6-14(15)18(25)22-8-2-3-12(11-22)10-21-17(24)16-4-1-7-20-16/h5-6,9,12,16,20H,1-4,7-8,10-11H2,(H,21,24). The number of halogens is 1. The molecule has 0 spiro atoms. The van der Waals surface area contributed by atoms with Gasteiger partial charge in [-0.1, -0.05) is 11.6 Å². The lowest BCUT2D eigenvalue weighted by atomic mass is 9.97. The van der Waals surface area contributed by atoms with Crippen LogP contribution in [0, 0.1) is 16.0 Å². The lowest BCUT2D eigenvalue weighted by molar-refractivity contribution is -0.384. The first-order valence-corrected chi connectivity index (χ1v) is 9.58. The summed E-state index contributed by atoms with van der Waals surface area (Å²) in [6.45, 7) is 2.56. The average molecular weight is 395 g/mol. The Hall–Kier alpha value is -2.19. The molecule has 8 nitrogen and oxygen atoms in total. The van der Waals surface area contributed by atoms with Gasteiger partial charge in [0.15, 0.2) is 0 Å². The van der Waals surface area contributed by atoms with Gasteiger partial charge in [0.25, 0.3) is 11.6 Å². The van der Waals surface area contributed by atoms with Crippen LogP contribution in [0.3, 0.4) is 0 Å². The Balaban J connectivity index is 1.57. The van der Waals surface area contributed by atoms with Crippen molar-refractivity contribution >= 4 is 29.1 Å². The molecule has 0 radical (unpaired) electrons. The Labute approximate surface area is 162 Å². The summed E-state index contributed by atoms with van der Waals surface area (Å²) in [6.07, 6.45) is 3.66. The number of hydrogen-bond donors (Lipinski definition) is 2. The lowest BCUT2D eigenvalue weighted by Crippen LogP contribution is -2.46. The van der Waals surface area contributed by atoms with E-state index in [0.717, 1.165) is 32.2 Å². The molecule has 2 amide bonds. The maximum absolute atomic E-state index is 12.8. The molecule has 1 aromatic carbocycles. The van der Waals surface area contributed by atoms with E-state index in [2.05, 4.69) is 10.6 Å². The van der Waals surface area contributed by atoms with Crippen LogP contribution in [-0.2, 0) is 4.79 Å². The molecule has 2 fully saturated rings. The molecule has 1 aromatic rings. The topological polar surface area (TPSA) is 105 Å². The zero-order valence-electron chi connectivity index (χ0n) is 14.9. The highest BCUT2D eigenvalue weighted by Crippen LogP contribution is 2.25. The fourth-order valence-corrected chi connectivity index (χ4v) is 3.91. The second kappa shape index (κ2) is 8.67. The van der Waals surface area contributed by atoms with Gasteiger partial charge in [-0.2, -0.15) is 0 Å². The Morgan fingerprint density at radius 2 is 2.15 bits per heavy atom. The van der Waals surface area contributed by atoms with Crippen molar-refractivity contribution in [2.45, 2.75) is 31.7 Å². The molecule has 27 heavy (non-hydrogen) atoms. The van der Waals surface area contributed by atoms with E-state index in [4.69, 9.17) is 11.6 Å². The normalized spacial score (nSPS) is 22.5. The molecule has 0 aromatic heterocycles. The number of non-ortho nitro benzene ring substituents is 1. The smallest absolute Gasteiger partial charge is 0.270 e. The van der Waals surface area contributed by atoms with Crippen molar-refractivity contribution in [3.63, 3.8) is 0 Å². The second-order valence-corrected chi connectivity index (χ2v) is 7.48. The SMILES string of the molecule is O=C(NCC1CCCN(C(=O)c2ccc([N+](=O)[O-])cc2Cl)C1)C1CCCN1. The average Bonchev–Trinajstić information content (AvgIpc) is 3.20. The maximum Gasteiger partial charge on any atom is 0.270 e. The third kappa shape index (κ3) is 4.75. The number of carbonyl (C=O) groups is 2. The van der Waals surface area contributed by atoms with Crippen LogP contribution >= 0.6 is 11.6 Å². The summed E-state index contributed by atoms with van der Waals surface area (Å²) in [5.74, 6) is -0.0253. The quantitative estimate of drug-likeness (QED) is 0.586. The molecular formula is C18H23ClN4O4. The van der Waals surface area contributed by atoms with Crippen LogP contribution in [-0.4, -0.2) is 53.9 Å². The van der Waals surface area contributed by atoms with E-state index in [9.17, 15) is 19.7 Å². The van der Waals surface area contributed by atoms with Gasteiger partial charge in [0, 0.05) is 31.8 Å². The number of nitrogens with zero attached hydrogens (tertiary/aromatic N) is 2. The molecule has 9 heteroatoms. The molecule has 2 unspecified atom stereocenters. The van der Waals surface area contributed by atoms with E-state index < -0.39 is 4.92 Å². The van der Waals surface area contributed by atoms with Gasteiger partial charge >= 0.3 is 0 Å². The highest BCUT2D eigenvalue weighted by Gasteiger charge is 2.28. The molecule has 2 heterocycles. The van der Waals surface area contributed by atoms with Crippen LogP contribution in [0.15, 0.2) is 18.2 Å². The largest absolute Gasteiger partial charge is 0.354 e. The van der Waals surface area contributed by atoms with Gasteiger partial charge in [-0.3, -0.25) is 19.7 Å². The summed E-state index contributed by atoms with van der Waals surface area (Å²) >= 11 is 6.08. The van der Waals surface area contributed by atoms with Gasteiger partial charge in [0.05, 0.1) is 21.6 Å². The molecule has 0 saturated carbocycles. The summed E-state index contributed by atoms with van der Waals surface area (Å²) in [5, 5.41) is 17.1. The van der Waals surface area contributed by atoms with Crippen molar-refractivity contribution < 1.29 is 14.5 Å². The summed E-state index contributed by atoms with van der Waals surface area (Å²) < 4.78 is 0. The van der Waals surface area contributed by atoms with Crippen LogP contribution in [0.2, 0.25) is 5.02 Å². The van der Waals surface area contributed by atoms with Crippen LogP contribution < -0.4 is 10.6 Å². The zero-order chi connectivity index (χ0) is 19.4. The summed E-state index contributed by atoms with van der Waals surface area (Å²) in [6, 6.07) is 3.78. The molecule has 3 rings (SSSR count). The minimum atomic E-state index is -0.543. The number of piperidine rings is 1. The van der Waals surface area contributed by atoms with Gasteiger partial charge in [0.2, 0.25) is 5.91 Å². The fraction of sp³-hybridized carbons (Fsp3) is 0.556. The van der Waals surface area contributed by atoms with E-state index >= 15 is 0 Å². The first-order valence-electron chi connectivity index (χ1n) is 9.20. The van der Waals surface area contributed by atoms with Crippen molar-refractivity contribution in [1.29, 1.82) is 0 Å². The molecule has 2 aliphatic rings. The molecule has 146 valence electrons. The zero-order valence-corrected chi connectivity index (χ0v) is 15.7. The van der Waals surface area contributed by atoms with Crippen molar-refractivity contribution in [1.82, 2.24) is 15.5 Å². The Bertz CT molecular complexity index is 736. The van der Waals surface area contributed by atoms with Crippen LogP contribution in [0.4, 0.5) is 5.69 Å². The number of likely N-dealkylation sites (tertiary alicyclic amines) is 1. The minimum Gasteiger partial charge on any atom is -0.354 e. The van der Waals surface area contributed by atoms with E-state index in [0.29, 0.717) is 19.6 Å². The highest BCUT2D eigenvalue weighted by molar-refractivity contribution is 6.34. The molecule has 2 saturated heterocycles. The van der Waals surface area contributed by atoms with Gasteiger partial charge in [0.1, 0.15) is 0 Å². The predicted octanol–water partition coefficient (Wildman–Crippen LogP) is 1.97. The van der Waals surface area contributed by atoms with Crippen LogP contribution in [0.5, 0.6) is 0 Å². The Morgan fingerprint density at radius 1 is 1.33 bits per heavy atom. The van der Waals surface area contributed by atoms with Gasteiger partial charge in [-0.25, -0.2) is 0 Å². The first kappa shape index (κ1) is 19.6. The highest BCUT2D eigenvalue weighted by atomic mass is 35.5. The number of rotatable bonds is 5. The third-order valence-electron chi connectivity index (χ3n) is 5.14. The number of nitrogens with one attached hydrogen (secondary N) is 2. The number of amides is 2. The monoisotopic (exact) mass is 394 g/mol. The van der Waals surface area contributed by atoms with Crippen LogP contribution in [0.25, 0.3) is 0 Å². The lowest BCUT2D eigenvalue weighted by Gasteiger charge is -2.33.